The van der Waals surface area contributed by atoms with Crippen molar-refractivity contribution in [3.05, 3.63) is 39.7 Å². The first kappa shape index (κ1) is 15.7. The number of nitrogens with two attached hydrogens (primary N) is 1. The first-order valence-electron chi connectivity index (χ1n) is 6.67. The van der Waals surface area contributed by atoms with Gasteiger partial charge in [-0.15, -0.1) is 0 Å². The molecular weight excluding hydrogens is 292 g/mol. The third kappa shape index (κ3) is 3.49. The van der Waals surface area contributed by atoms with E-state index in [1.807, 2.05) is 26.0 Å². The number of aromatic nitrogens is 1. The van der Waals surface area contributed by atoms with Gasteiger partial charge in [0.25, 0.3) is 0 Å². The Balaban J connectivity index is 2.23. The van der Waals surface area contributed by atoms with Crippen LogP contribution in [0.2, 0.25) is 5.02 Å². The van der Waals surface area contributed by atoms with Gasteiger partial charge in [-0.25, -0.2) is 0 Å². The number of halogens is 1. The topological polar surface area (TPSA) is 70.5 Å². The highest BCUT2D eigenvalue weighted by Gasteiger charge is 2.15. The van der Waals surface area contributed by atoms with E-state index in [1.165, 1.54) is 0 Å². The summed E-state index contributed by atoms with van der Waals surface area (Å²) in [5.41, 5.74) is 8.31. The van der Waals surface area contributed by atoms with E-state index in [1.54, 1.807) is 7.11 Å². The second-order valence-electron chi connectivity index (χ2n) is 4.74. The van der Waals surface area contributed by atoms with Gasteiger partial charge in [0.05, 0.1) is 23.4 Å². The van der Waals surface area contributed by atoms with Gasteiger partial charge < -0.3 is 19.7 Å². The Morgan fingerprint density at radius 3 is 2.67 bits per heavy atom. The number of rotatable bonds is 6. The van der Waals surface area contributed by atoms with Crippen LogP contribution in [-0.2, 0) is 13.0 Å². The van der Waals surface area contributed by atoms with Gasteiger partial charge in [-0.3, -0.25) is 0 Å². The van der Waals surface area contributed by atoms with Gasteiger partial charge in [0, 0.05) is 0 Å². The molecule has 114 valence electrons. The zero-order chi connectivity index (χ0) is 15.4. The summed E-state index contributed by atoms with van der Waals surface area (Å²) in [4.78, 5) is 0. The molecule has 1 aromatic carbocycles. The van der Waals surface area contributed by atoms with Crippen LogP contribution in [0.5, 0.6) is 11.5 Å². The van der Waals surface area contributed by atoms with Crippen LogP contribution >= 0.6 is 11.6 Å². The lowest BCUT2D eigenvalue weighted by molar-refractivity contribution is 0.281. The average molecular weight is 311 g/mol. The molecule has 0 fully saturated rings. The van der Waals surface area contributed by atoms with E-state index in [0.29, 0.717) is 29.7 Å². The highest BCUT2D eigenvalue weighted by atomic mass is 35.5. The summed E-state index contributed by atoms with van der Waals surface area (Å²) in [5.74, 6) is 1.85. The normalized spacial score (nSPS) is 10.7. The van der Waals surface area contributed by atoms with Crippen molar-refractivity contribution in [3.8, 4) is 11.5 Å². The minimum absolute atomic E-state index is 0.327. The van der Waals surface area contributed by atoms with Crippen molar-refractivity contribution in [2.45, 2.75) is 26.9 Å². The molecule has 2 rings (SSSR count). The molecule has 0 radical (unpaired) electrons. The van der Waals surface area contributed by atoms with Crippen molar-refractivity contribution < 1.29 is 14.0 Å². The fourth-order valence-corrected chi connectivity index (χ4v) is 2.36. The molecule has 5 nitrogen and oxygen atoms in total. The predicted octanol–water partition coefficient (Wildman–Crippen LogP) is 3.03. The van der Waals surface area contributed by atoms with E-state index in [2.05, 4.69) is 5.16 Å². The van der Waals surface area contributed by atoms with E-state index >= 15 is 0 Å². The minimum atomic E-state index is 0.327. The molecule has 0 saturated carbocycles. The second kappa shape index (κ2) is 6.83. The fourth-order valence-electron chi connectivity index (χ4n) is 2.08. The molecule has 0 aliphatic rings. The average Bonchev–Trinajstić information content (AvgIpc) is 2.77. The molecule has 6 heteroatoms. The second-order valence-corrected chi connectivity index (χ2v) is 5.15. The van der Waals surface area contributed by atoms with Crippen LogP contribution in [0, 0.1) is 13.8 Å². The molecule has 0 aliphatic carbocycles. The van der Waals surface area contributed by atoms with Crippen molar-refractivity contribution in [3.63, 3.8) is 0 Å². The molecule has 1 heterocycles. The van der Waals surface area contributed by atoms with Crippen LogP contribution in [0.1, 0.15) is 22.6 Å². The predicted molar refractivity (Wildman–Crippen MR) is 81.1 cm³/mol. The van der Waals surface area contributed by atoms with Crippen LogP contribution in [0.4, 0.5) is 0 Å². The Labute approximate surface area is 129 Å². The fraction of sp³-hybridized carbons (Fsp3) is 0.400. The zero-order valence-corrected chi connectivity index (χ0v) is 13.2. The van der Waals surface area contributed by atoms with Crippen LogP contribution < -0.4 is 15.2 Å². The summed E-state index contributed by atoms with van der Waals surface area (Å²) < 4.78 is 16.3. The standard InChI is InChI=1S/C15H19ClN2O3/c1-9-12(10(2)21-18-9)8-20-15-13(16)6-11(4-5-17)7-14(15)19-3/h6-7H,4-5,8,17H2,1-3H3. The summed E-state index contributed by atoms with van der Waals surface area (Å²) >= 11 is 6.28. The number of nitrogens with zero attached hydrogens (tertiary/aromatic N) is 1. The quantitative estimate of drug-likeness (QED) is 0.888. The van der Waals surface area contributed by atoms with Crippen LogP contribution in [0.15, 0.2) is 16.7 Å². The number of aryl methyl sites for hydroxylation is 2. The van der Waals surface area contributed by atoms with Crippen molar-refractivity contribution in [2.75, 3.05) is 13.7 Å². The lowest BCUT2D eigenvalue weighted by Crippen LogP contribution is -2.04. The molecule has 0 spiro atoms. The third-order valence-corrected chi connectivity index (χ3v) is 3.55. The molecule has 2 aromatic rings. The Morgan fingerprint density at radius 2 is 2.10 bits per heavy atom. The molecule has 0 bridgehead atoms. The van der Waals surface area contributed by atoms with E-state index in [0.717, 1.165) is 29.0 Å². The molecule has 1 aromatic heterocycles. The van der Waals surface area contributed by atoms with E-state index in [4.69, 9.17) is 31.3 Å². The highest BCUT2D eigenvalue weighted by Crippen LogP contribution is 2.37. The van der Waals surface area contributed by atoms with Crippen LogP contribution in [0.25, 0.3) is 0 Å². The van der Waals surface area contributed by atoms with Crippen LogP contribution in [-0.4, -0.2) is 18.8 Å². The van der Waals surface area contributed by atoms with Gasteiger partial charge in [0.1, 0.15) is 12.4 Å². The van der Waals surface area contributed by atoms with E-state index < -0.39 is 0 Å². The summed E-state index contributed by atoms with van der Waals surface area (Å²) in [5, 5.41) is 4.40. The van der Waals surface area contributed by atoms with Gasteiger partial charge in [-0.2, -0.15) is 0 Å². The maximum Gasteiger partial charge on any atom is 0.180 e. The summed E-state index contributed by atoms with van der Waals surface area (Å²) in [6, 6.07) is 3.74. The van der Waals surface area contributed by atoms with Crippen molar-refractivity contribution in [2.24, 2.45) is 5.73 Å². The molecule has 0 amide bonds. The summed E-state index contributed by atoms with van der Waals surface area (Å²) in [6.45, 7) is 4.60. The Bertz CT molecular complexity index is 606. The lowest BCUT2D eigenvalue weighted by Gasteiger charge is -2.14. The van der Waals surface area contributed by atoms with Crippen molar-refractivity contribution in [1.82, 2.24) is 5.16 Å². The summed E-state index contributed by atoms with van der Waals surface area (Å²) in [7, 11) is 1.58. The van der Waals surface area contributed by atoms with Crippen LogP contribution in [0.3, 0.4) is 0 Å². The molecule has 0 aliphatic heterocycles. The molecule has 0 saturated heterocycles. The summed E-state index contributed by atoms with van der Waals surface area (Å²) in [6.07, 6.45) is 0.736. The molecular formula is C15H19ClN2O3. The van der Waals surface area contributed by atoms with Gasteiger partial charge in [0.15, 0.2) is 11.5 Å². The largest absolute Gasteiger partial charge is 0.493 e. The van der Waals surface area contributed by atoms with Gasteiger partial charge >= 0.3 is 0 Å². The van der Waals surface area contributed by atoms with Crippen molar-refractivity contribution in [1.29, 1.82) is 0 Å². The molecule has 0 unspecified atom stereocenters. The number of hydrogen-bond donors (Lipinski definition) is 1. The molecule has 2 N–H and O–H groups in total. The Hall–Kier alpha value is -1.72. The van der Waals surface area contributed by atoms with Crippen molar-refractivity contribution >= 4 is 11.6 Å². The number of methoxy groups -OCH3 is 1. The van der Waals surface area contributed by atoms with Gasteiger partial charge in [-0.05, 0) is 44.5 Å². The maximum atomic E-state index is 6.28. The first-order chi connectivity index (χ1) is 10.1. The Morgan fingerprint density at radius 1 is 1.33 bits per heavy atom. The minimum Gasteiger partial charge on any atom is -0.493 e. The monoisotopic (exact) mass is 310 g/mol. The highest BCUT2D eigenvalue weighted by molar-refractivity contribution is 6.32. The third-order valence-electron chi connectivity index (χ3n) is 3.26. The Kier molecular flexibility index (Phi) is 5.09. The van der Waals surface area contributed by atoms with Gasteiger partial charge in [0.2, 0.25) is 0 Å². The number of benzene rings is 1. The molecule has 21 heavy (non-hydrogen) atoms. The van der Waals surface area contributed by atoms with Gasteiger partial charge in [-0.1, -0.05) is 16.8 Å². The lowest BCUT2D eigenvalue weighted by atomic mass is 10.1. The number of ether oxygens (including phenoxy) is 2. The molecule has 0 atom stereocenters. The number of hydrogen-bond acceptors (Lipinski definition) is 5. The van der Waals surface area contributed by atoms with E-state index in [9.17, 15) is 0 Å². The zero-order valence-electron chi connectivity index (χ0n) is 12.4. The van der Waals surface area contributed by atoms with E-state index in [-0.39, 0.29) is 0 Å². The first-order valence-corrected chi connectivity index (χ1v) is 7.05. The maximum absolute atomic E-state index is 6.28. The smallest absolute Gasteiger partial charge is 0.180 e. The SMILES string of the molecule is COc1cc(CCN)cc(Cl)c1OCc1c(C)noc1C.